The summed E-state index contributed by atoms with van der Waals surface area (Å²) in [5.74, 6) is -3.18. The number of hydrogen-bond acceptors (Lipinski definition) is 26. The van der Waals surface area contributed by atoms with Gasteiger partial charge in [-0.1, -0.05) is 12.2 Å². The fourth-order valence-corrected chi connectivity index (χ4v) is 12.2. The first-order valence-electron chi connectivity index (χ1n) is 27.1. The molecule has 4 heterocycles. The molecule has 15 N–H and O–H groups in total. The molecule has 8 fully saturated rings. The number of carbonyl (C=O) groups excluding carboxylic acids is 2. The largest absolute Gasteiger partial charge is 0.460 e. The number of hydrogen-bond donors (Lipinski definition) is 15. The number of carbonyl (C=O) groups is 2. The maximum atomic E-state index is 13.1. The van der Waals surface area contributed by atoms with Crippen LogP contribution < -0.4 is 0 Å². The molecule has 0 bridgehead atoms. The summed E-state index contributed by atoms with van der Waals surface area (Å²) < 4.78 is 54.7. The van der Waals surface area contributed by atoms with Crippen LogP contribution >= 0.6 is 0 Å². The van der Waals surface area contributed by atoms with Crippen LogP contribution in [0.3, 0.4) is 0 Å². The summed E-state index contributed by atoms with van der Waals surface area (Å²) in [6.45, 7) is -2.07. The lowest BCUT2D eigenvalue weighted by molar-refractivity contribution is -0.380. The van der Waals surface area contributed by atoms with Crippen molar-refractivity contribution < 1.29 is 129 Å². The lowest BCUT2D eigenvalue weighted by atomic mass is 9.73. The van der Waals surface area contributed by atoms with Crippen molar-refractivity contribution in [1.29, 1.82) is 0 Å². The summed E-state index contributed by atoms with van der Waals surface area (Å²) in [6.07, 6.45) is -26.1. The molecule has 0 amide bonds. The first kappa shape index (κ1) is 60.6. The summed E-state index contributed by atoms with van der Waals surface area (Å²) in [5, 5.41) is 160. The Morgan fingerprint density at radius 3 is 1.48 bits per heavy atom. The van der Waals surface area contributed by atoms with Gasteiger partial charge in [0.15, 0.2) is 18.9 Å². The lowest BCUT2D eigenvalue weighted by Crippen LogP contribution is -2.66. The zero-order valence-electron chi connectivity index (χ0n) is 42.6. The van der Waals surface area contributed by atoms with Gasteiger partial charge in [-0.25, -0.2) is 9.59 Å². The van der Waals surface area contributed by atoms with Gasteiger partial charge in [0.2, 0.25) is 0 Å². The topological polar surface area (TPSA) is 421 Å². The van der Waals surface area contributed by atoms with Crippen LogP contribution in [-0.4, -0.2) is 262 Å². The van der Waals surface area contributed by atoms with Crippen LogP contribution in [0.2, 0.25) is 0 Å². The second kappa shape index (κ2) is 27.1. The maximum absolute atomic E-state index is 13.1. The van der Waals surface area contributed by atoms with E-state index in [2.05, 4.69) is 0 Å². The molecule has 4 aliphatic carbocycles. The number of rotatable bonds is 16. The normalized spacial score (nSPS) is 49.1. The molecular formula is C51H80O26. The SMILES string of the molecule is O=C(C=CC1CCC(O)C(O)C1)OC[C@H]1O[C@@H](O[C@H]2[C@H](OC3CC4C(CC(O)CC4O[C@@H]4O[C@H](CO)[C@@H](O)[C@H](O)[C@H]4O)OC3C3CCC(O)CC3)O[C@H](COC(=O)C=CC3CCC(O)C(O)C3)[C@@H](O)[C@@H]2O)[C@H](O)[C@@H](O)[C@@H]1O. The first-order valence-corrected chi connectivity index (χ1v) is 27.1. The van der Waals surface area contributed by atoms with Crippen LogP contribution in [0.5, 0.6) is 0 Å². The summed E-state index contributed by atoms with van der Waals surface area (Å²) in [5.41, 5.74) is 0. The molecule has 77 heavy (non-hydrogen) atoms. The van der Waals surface area contributed by atoms with Crippen molar-refractivity contribution in [1.82, 2.24) is 0 Å². The minimum atomic E-state index is -2.04. The summed E-state index contributed by atoms with van der Waals surface area (Å²) in [6, 6.07) is 0. The summed E-state index contributed by atoms with van der Waals surface area (Å²) in [7, 11) is 0. The average Bonchev–Trinajstić information content (AvgIpc) is 3.42. The number of esters is 2. The lowest BCUT2D eigenvalue weighted by Gasteiger charge is -2.52. The Morgan fingerprint density at radius 2 is 0.935 bits per heavy atom. The Kier molecular flexibility index (Phi) is 21.3. The molecule has 8 aliphatic rings. The monoisotopic (exact) mass is 1110 g/mol. The number of fused-ring (bicyclic) bond motifs is 1. The fraction of sp³-hybridized carbons (Fsp3) is 0.882. The standard InChI is InChI=1S/C51H80O26/c52-18-34-39(61)42(64)45(67)49(74-34)72-32-16-25(54)15-31-26(32)17-33(47(71-31)23-5-7-24(53)8-6-23)73-51-48(44(66)41(63)36(76-51)20-70-38(60)12-4-22-2-10-28(56)30(58)14-22)77-50-46(68)43(65)40(62)35(75-50)19-69-37(59)11-3-21-1-9-27(55)29(57)13-21/h3-4,11-12,21-36,39-58,61-68H,1-2,5-10,13-20H2/t21?,22?,23?,24?,25?,26?,27?,28?,29?,30?,31?,32?,33?,34-,35-,36-,39-,40-,41-,42+,43+,44+,45-,46-,47?,48-,49-,50+,51-/m1/s1. The highest BCUT2D eigenvalue weighted by Crippen LogP contribution is 2.45. The molecule has 12 unspecified atom stereocenters. The van der Waals surface area contributed by atoms with E-state index in [1.165, 1.54) is 12.2 Å². The van der Waals surface area contributed by atoms with Gasteiger partial charge in [0.1, 0.15) is 86.5 Å². The van der Waals surface area contributed by atoms with Crippen LogP contribution in [0.4, 0.5) is 0 Å². The van der Waals surface area contributed by atoms with Gasteiger partial charge in [0.05, 0.1) is 67.6 Å². The van der Waals surface area contributed by atoms with E-state index in [0.717, 1.165) is 12.2 Å². The van der Waals surface area contributed by atoms with Crippen molar-refractivity contribution in [2.24, 2.45) is 23.7 Å². The van der Waals surface area contributed by atoms with E-state index in [9.17, 15) is 86.2 Å². The summed E-state index contributed by atoms with van der Waals surface area (Å²) in [4.78, 5) is 25.9. The third-order valence-corrected chi connectivity index (χ3v) is 16.9. The van der Waals surface area contributed by atoms with Gasteiger partial charge < -0.3 is 119 Å². The van der Waals surface area contributed by atoms with Gasteiger partial charge in [-0.05, 0) is 94.8 Å². The minimum Gasteiger partial charge on any atom is -0.460 e. The van der Waals surface area contributed by atoms with E-state index >= 15 is 0 Å². The van der Waals surface area contributed by atoms with Crippen LogP contribution in [0.15, 0.2) is 24.3 Å². The number of ether oxygens (including phenoxy) is 9. The van der Waals surface area contributed by atoms with Crippen molar-refractivity contribution >= 4 is 11.9 Å². The molecule has 0 aromatic carbocycles. The number of aliphatic hydroxyl groups excluding tert-OH is 15. The highest BCUT2D eigenvalue weighted by atomic mass is 16.8. The van der Waals surface area contributed by atoms with Gasteiger partial charge in [0, 0.05) is 24.5 Å². The van der Waals surface area contributed by atoms with Crippen molar-refractivity contribution in [3.05, 3.63) is 24.3 Å². The Labute approximate surface area is 444 Å². The molecule has 4 saturated carbocycles. The van der Waals surface area contributed by atoms with Crippen molar-refractivity contribution in [3.8, 4) is 0 Å². The molecule has 0 aromatic rings. The van der Waals surface area contributed by atoms with Gasteiger partial charge in [-0.2, -0.15) is 0 Å². The van der Waals surface area contributed by atoms with Crippen LogP contribution in [0, 0.1) is 23.7 Å². The summed E-state index contributed by atoms with van der Waals surface area (Å²) >= 11 is 0. The van der Waals surface area contributed by atoms with E-state index in [4.69, 9.17) is 42.6 Å². The smallest absolute Gasteiger partial charge is 0.330 e. The molecule has 0 radical (unpaired) electrons. The van der Waals surface area contributed by atoms with E-state index in [0.29, 0.717) is 51.4 Å². The quantitative estimate of drug-likeness (QED) is 0.0508. The van der Waals surface area contributed by atoms with Gasteiger partial charge in [-0.3, -0.25) is 0 Å². The molecule has 26 nitrogen and oxygen atoms in total. The zero-order valence-corrected chi connectivity index (χ0v) is 42.6. The highest BCUT2D eigenvalue weighted by Gasteiger charge is 2.56. The Hall–Kier alpha value is -2.46. The third kappa shape index (κ3) is 14.8. The molecule has 0 spiro atoms. The van der Waals surface area contributed by atoms with Crippen molar-refractivity contribution in [2.45, 2.75) is 237 Å². The molecule has 27 atom stereocenters. The molecule has 4 saturated heterocycles. The van der Waals surface area contributed by atoms with Crippen LogP contribution in [0.25, 0.3) is 0 Å². The van der Waals surface area contributed by atoms with E-state index < -0.39 is 191 Å². The highest BCUT2D eigenvalue weighted by molar-refractivity contribution is 5.82. The van der Waals surface area contributed by atoms with Gasteiger partial charge >= 0.3 is 11.9 Å². The molecule has 4 aliphatic heterocycles. The third-order valence-electron chi connectivity index (χ3n) is 16.9. The molecular weight excluding hydrogens is 1030 g/mol. The van der Waals surface area contributed by atoms with Crippen LogP contribution in [-0.2, 0) is 52.2 Å². The first-order chi connectivity index (χ1) is 36.7. The molecule has 26 heteroatoms. The zero-order chi connectivity index (χ0) is 55.4. The Balaban J connectivity index is 1.03. The molecule has 0 aromatic heterocycles. The maximum Gasteiger partial charge on any atom is 0.330 e. The predicted octanol–water partition coefficient (Wildman–Crippen LogP) is -5.08. The minimum absolute atomic E-state index is 0.0260. The van der Waals surface area contributed by atoms with Gasteiger partial charge in [0.25, 0.3) is 0 Å². The molecule has 440 valence electrons. The van der Waals surface area contributed by atoms with E-state index in [1.807, 2.05) is 0 Å². The van der Waals surface area contributed by atoms with Gasteiger partial charge in [-0.15, -0.1) is 0 Å². The second-order valence-electron chi connectivity index (χ2n) is 22.3. The number of aliphatic hydroxyl groups is 15. The number of allylic oxidation sites excluding steroid dienone is 2. The fourth-order valence-electron chi connectivity index (χ4n) is 12.2. The predicted molar refractivity (Wildman–Crippen MR) is 255 cm³/mol. The average molecular weight is 1110 g/mol. The molecule has 8 rings (SSSR count). The van der Waals surface area contributed by atoms with E-state index in [1.54, 1.807) is 0 Å². The van der Waals surface area contributed by atoms with E-state index in [-0.39, 0.29) is 49.9 Å². The Bertz CT molecular complexity index is 1940. The Morgan fingerprint density at radius 1 is 0.442 bits per heavy atom. The van der Waals surface area contributed by atoms with Crippen LogP contribution in [0.1, 0.15) is 83.5 Å². The van der Waals surface area contributed by atoms with Crippen molar-refractivity contribution in [3.63, 3.8) is 0 Å². The second-order valence-corrected chi connectivity index (χ2v) is 22.3. The van der Waals surface area contributed by atoms with Crippen molar-refractivity contribution in [2.75, 3.05) is 19.8 Å².